The molecule has 0 unspecified atom stereocenters. The van der Waals surface area contributed by atoms with Crippen LogP contribution in [0, 0.1) is 12.7 Å². The second-order valence-electron chi connectivity index (χ2n) is 4.05. The average Bonchev–Trinajstić information content (AvgIpc) is 2.33. The minimum Gasteiger partial charge on any atom is -0.277 e. The molecule has 0 aliphatic heterocycles. The second kappa shape index (κ2) is 5.30. The van der Waals surface area contributed by atoms with Gasteiger partial charge in [-0.15, -0.1) is 0 Å². The third-order valence-electron chi connectivity index (χ3n) is 2.48. The van der Waals surface area contributed by atoms with Crippen molar-refractivity contribution in [2.45, 2.75) is 11.8 Å². The van der Waals surface area contributed by atoms with Crippen molar-refractivity contribution in [1.82, 2.24) is 0 Å². The number of hydrogen-bond donors (Lipinski definition) is 1. The summed E-state index contributed by atoms with van der Waals surface area (Å²) < 4.78 is 40.7. The van der Waals surface area contributed by atoms with Crippen molar-refractivity contribution < 1.29 is 12.8 Å². The van der Waals surface area contributed by atoms with E-state index in [0.717, 1.165) is 5.56 Å². The predicted molar refractivity (Wildman–Crippen MR) is 76.1 cm³/mol. The van der Waals surface area contributed by atoms with E-state index in [1.54, 1.807) is 25.1 Å². The zero-order valence-corrected chi connectivity index (χ0v) is 12.4. The Morgan fingerprint density at radius 2 is 1.89 bits per heavy atom. The molecule has 100 valence electrons. The first-order valence-corrected chi connectivity index (χ1v) is 7.71. The fraction of sp³-hybridized carbons (Fsp3) is 0.0769. The normalized spacial score (nSPS) is 11.3. The van der Waals surface area contributed by atoms with Crippen LogP contribution in [0.5, 0.6) is 0 Å². The fourth-order valence-corrected chi connectivity index (χ4v) is 3.20. The number of rotatable bonds is 3. The van der Waals surface area contributed by atoms with Crippen LogP contribution in [0.1, 0.15) is 5.56 Å². The summed E-state index contributed by atoms with van der Waals surface area (Å²) in [6.45, 7) is 1.73. The van der Waals surface area contributed by atoms with Crippen LogP contribution in [0.4, 0.5) is 10.1 Å². The van der Waals surface area contributed by atoms with E-state index in [4.69, 9.17) is 0 Å². The third-order valence-corrected chi connectivity index (χ3v) is 4.33. The van der Waals surface area contributed by atoms with E-state index >= 15 is 0 Å². The number of nitrogens with one attached hydrogen (secondary N) is 1. The molecule has 2 rings (SSSR count). The highest BCUT2D eigenvalue weighted by Crippen LogP contribution is 2.22. The maximum atomic E-state index is 13.6. The zero-order valence-electron chi connectivity index (χ0n) is 10.0. The molecule has 0 aliphatic rings. The van der Waals surface area contributed by atoms with Crippen molar-refractivity contribution in [3.8, 4) is 0 Å². The van der Waals surface area contributed by atoms with Crippen LogP contribution in [0.25, 0.3) is 0 Å². The second-order valence-corrected chi connectivity index (χ2v) is 6.64. The molecule has 0 saturated carbocycles. The van der Waals surface area contributed by atoms with Gasteiger partial charge in [0.15, 0.2) is 0 Å². The Balaban J connectivity index is 2.36. The molecule has 0 fully saturated rings. The van der Waals surface area contributed by atoms with E-state index in [1.165, 1.54) is 24.3 Å². The highest BCUT2D eigenvalue weighted by Gasteiger charge is 2.16. The van der Waals surface area contributed by atoms with E-state index < -0.39 is 15.8 Å². The summed E-state index contributed by atoms with van der Waals surface area (Å²) in [4.78, 5) is 0.0712. The molecule has 0 bridgehead atoms. The summed E-state index contributed by atoms with van der Waals surface area (Å²) in [5.41, 5.74) is 0.661. The van der Waals surface area contributed by atoms with E-state index in [9.17, 15) is 12.8 Å². The van der Waals surface area contributed by atoms with Crippen LogP contribution >= 0.6 is 15.9 Å². The van der Waals surface area contributed by atoms with Gasteiger partial charge in [-0.05, 0) is 42.8 Å². The largest absolute Gasteiger partial charge is 0.277 e. The van der Waals surface area contributed by atoms with E-state index in [0.29, 0.717) is 4.47 Å². The summed E-state index contributed by atoms with van der Waals surface area (Å²) >= 11 is 3.20. The first-order chi connectivity index (χ1) is 8.88. The van der Waals surface area contributed by atoms with Gasteiger partial charge in [0.25, 0.3) is 10.0 Å². The maximum absolute atomic E-state index is 13.6. The molecule has 0 atom stereocenters. The van der Waals surface area contributed by atoms with Gasteiger partial charge >= 0.3 is 0 Å². The molecular weight excluding hydrogens is 333 g/mol. The lowest BCUT2D eigenvalue weighted by Crippen LogP contribution is -2.14. The van der Waals surface area contributed by atoms with Crippen LogP contribution in [-0.2, 0) is 10.0 Å². The molecule has 1 N–H and O–H groups in total. The zero-order chi connectivity index (χ0) is 14.0. The molecule has 0 aliphatic carbocycles. The number of benzene rings is 2. The first-order valence-electron chi connectivity index (χ1n) is 5.43. The summed E-state index contributed by atoms with van der Waals surface area (Å²) in [6, 6.07) is 10.5. The minimum absolute atomic E-state index is 0.0643. The molecule has 0 heterocycles. The van der Waals surface area contributed by atoms with Gasteiger partial charge in [0.1, 0.15) is 5.82 Å². The topological polar surface area (TPSA) is 46.2 Å². The SMILES string of the molecule is Cc1ccc(NS(=O)(=O)c2cccc(Br)c2)c(F)c1. The number of hydrogen-bond acceptors (Lipinski definition) is 2. The van der Waals surface area contributed by atoms with Crippen LogP contribution in [0.3, 0.4) is 0 Å². The van der Waals surface area contributed by atoms with Gasteiger partial charge in [0.2, 0.25) is 0 Å². The fourth-order valence-electron chi connectivity index (χ4n) is 1.54. The van der Waals surface area contributed by atoms with Crippen molar-refractivity contribution in [2.24, 2.45) is 0 Å². The Kier molecular flexibility index (Phi) is 3.91. The maximum Gasteiger partial charge on any atom is 0.262 e. The highest BCUT2D eigenvalue weighted by molar-refractivity contribution is 9.10. The van der Waals surface area contributed by atoms with Crippen LogP contribution < -0.4 is 4.72 Å². The average molecular weight is 344 g/mol. The van der Waals surface area contributed by atoms with Crippen molar-refractivity contribution in [2.75, 3.05) is 4.72 Å². The standard InChI is InChI=1S/C13H11BrFNO2S/c1-9-5-6-13(12(15)7-9)16-19(17,18)11-4-2-3-10(14)8-11/h2-8,16H,1H3. The number of halogens is 2. The van der Waals surface area contributed by atoms with Gasteiger partial charge in [0.05, 0.1) is 10.6 Å². The molecule has 0 amide bonds. The Morgan fingerprint density at radius 3 is 2.53 bits per heavy atom. The first kappa shape index (κ1) is 14.0. The van der Waals surface area contributed by atoms with Gasteiger partial charge in [0, 0.05) is 4.47 Å². The lowest BCUT2D eigenvalue weighted by Gasteiger charge is -2.09. The van der Waals surface area contributed by atoms with E-state index in [1.807, 2.05) is 0 Å². The lowest BCUT2D eigenvalue weighted by atomic mass is 10.2. The third kappa shape index (κ3) is 3.33. The van der Waals surface area contributed by atoms with Gasteiger partial charge in [-0.25, -0.2) is 12.8 Å². The Morgan fingerprint density at radius 1 is 1.16 bits per heavy atom. The van der Waals surface area contributed by atoms with Crippen molar-refractivity contribution in [1.29, 1.82) is 0 Å². The van der Waals surface area contributed by atoms with Gasteiger partial charge in [-0.2, -0.15) is 0 Å². The Bertz CT molecular complexity index is 716. The van der Waals surface area contributed by atoms with Gasteiger partial charge in [-0.3, -0.25) is 4.72 Å². The molecule has 0 saturated heterocycles. The molecule has 0 aromatic heterocycles. The molecule has 6 heteroatoms. The molecule has 2 aromatic carbocycles. The molecule has 2 aromatic rings. The number of anilines is 1. The van der Waals surface area contributed by atoms with Crippen LogP contribution in [-0.4, -0.2) is 8.42 Å². The number of sulfonamides is 1. The minimum atomic E-state index is -3.79. The lowest BCUT2D eigenvalue weighted by molar-refractivity contribution is 0.598. The summed E-state index contributed by atoms with van der Waals surface area (Å²) in [5.74, 6) is -0.599. The molecule has 3 nitrogen and oxygen atoms in total. The molecule has 0 spiro atoms. The smallest absolute Gasteiger partial charge is 0.262 e. The summed E-state index contributed by atoms with van der Waals surface area (Å²) in [5, 5.41) is 0. The monoisotopic (exact) mass is 343 g/mol. The van der Waals surface area contributed by atoms with Gasteiger partial charge < -0.3 is 0 Å². The van der Waals surface area contributed by atoms with Crippen LogP contribution in [0.15, 0.2) is 51.8 Å². The molecule has 0 radical (unpaired) electrons. The molecule has 19 heavy (non-hydrogen) atoms. The molecular formula is C13H11BrFNO2S. The van der Waals surface area contributed by atoms with Crippen molar-refractivity contribution in [3.63, 3.8) is 0 Å². The van der Waals surface area contributed by atoms with E-state index in [2.05, 4.69) is 20.7 Å². The van der Waals surface area contributed by atoms with Crippen molar-refractivity contribution in [3.05, 3.63) is 58.3 Å². The Hall–Kier alpha value is -1.40. The quantitative estimate of drug-likeness (QED) is 0.923. The van der Waals surface area contributed by atoms with E-state index in [-0.39, 0.29) is 10.6 Å². The van der Waals surface area contributed by atoms with Crippen LogP contribution in [0.2, 0.25) is 0 Å². The number of aryl methyl sites for hydroxylation is 1. The summed E-state index contributed by atoms with van der Waals surface area (Å²) in [7, 11) is -3.79. The summed E-state index contributed by atoms with van der Waals surface area (Å²) in [6.07, 6.45) is 0. The van der Waals surface area contributed by atoms with Crippen molar-refractivity contribution >= 4 is 31.6 Å². The van der Waals surface area contributed by atoms with Gasteiger partial charge in [-0.1, -0.05) is 28.1 Å². The highest BCUT2D eigenvalue weighted by atomic mass is 79.9. The Labute approximate surface area is 119 Å². The predicted octanol–water partition coefficient (Wildman–Crippen LogP) is 3.70.